The molecule has 0 spiro atoms. The van der Waals surface area contributed by atoms with Crippen molar-refractivity contribution in [1.82, 2.24) is 4.90 Å². The number of ketones is 2. The minimum absolute atomic E-state index is 0.0299. The fourth-order valence-electron chi connectivity index (χ4n) is 7.67. The molecule has 0 aromatic heterocycles. The van der Waals surface area contributed by atoms with Crippen LogP contribution < -0.4 is 5.73 Å². The minimum Gasteiger partial charge on any atom is -0.508 e. The SMILES string of the molecule is CN(C)CC1=CC=C(c2ccc(O)c3c2C[C@H]2C[C@H]4CC(O)C(C(N)=O)C(=O)[C@@]4(O)C(O)=C2C3=O)C2C=CC=CC12. The zero-order chi connectivity index (χ0) is 29.4. The number of primary amides is 1. The smallest absolute Gasteiger partial charge is 0.230 e. The summed E-state index contributed by atoms with van der Waals surface area (Å²) >= 11 is 0. The van der Waals surface area contributed by atoms with Gasteiger partial charge >= 0.3 is 0 Å². The number of benzene rings is 1. The number of aliphatic hydroxyl groups excluding tert-OH is 2. The van der Waals surface area contributed by atoms with Crippen LogP contribution in [0.3, 0.4) is 0 Å². The summed E-state index contributed by atoms with van der Waals surface area (Å²) in [5, 5.41) is 44.2. The molecular weight excluding hydrogens is 524 g/mol. The van der Waals surface area contributed by atoms with Gasteiger partial charge in [-0.2, -0.15) is 0 Å². The standard InChI is InChI=1S/C32H34N2O7/c1-34(2)14-15-7-8-20(19-6-4-3-5-18(15)19)21-9-10-23(35)26-22(21)12-16-11-17-13-24(36)27(31(33)40)30(39)32(17,41)29(38)25(16)28(26)37/h3-10,16-19,24,27,35-36,38,41H,11-14H2,1-2H3,(H2,33,40)/t16-,17+,18?,19?,24?,27?,32+/m1/s1. The van der Waals surface area contributed by atoms with E-state index >= 15 is 0 Å². The van der Waals surface area contributed by atoms with Crippen LogP contribution in [-0.2, 0) is 16.0 Å². The van der Waals surface area contributed by atoms with E-state index in [1.54, 1.807) is 0 Å². The summed E-state index contributed by atoms with van der Waals surface area (Å²) in [7, 11) is 4.05. The second kappa shape index (κ2) is 9.65. The number of aromatic hydroxyl groups is 1. The van der Waals surface area contributed by atoms with Gasteiger partial charge < -0.3 is 31.1 Å². The van der Waals surface area contributed by atoms with Crippen molar-refractivity contribution in [3.63, 3.8) is 0 Å². The molecule has 9 heteroatoms. The van der Waals surface area contributed by atoms with E-state index in [0.29, 0.717) is 5.56 Å². The highest BCUT2D eigenvalue weighted by molar-refractivity contribution is 6.16. The number of carbonyl (C=O) groups excluding carboxylic acids is 3. The molecule has 1 aromatic rings. The molecule has 5 aliphatic carbocycles. The number of hydrogen-bond acceptors (Lipinski definition) is 8. The summed E-state index contributed by atoms with van der Waals surface area (Å²) in [4.78, 5) is 41.3. The number of fused-ring (bicyclic) bond motifs is 4. The Labute approximate surface area is 237 Å². The first-order valence-corrected chi connectivity index (χ1v) is 13.9. The molecule has 0 aliphatic heterocycles. The Bertz CT molecular complexity index is 1530. The highest BCUT2D eigenvalue weighted by Crippen LogP contribution is 2.53. The molecular formula is C32H34N2O7. The second-order valence-electron chi connectivity index (χ2n) is 12.1. The predicted molar refractivity (Wildman–Crippen MR) is 151 cm³/mol. The Morgan fingerprint density at radius 3 is 2.46 bits per heavy atom. The third-order valence-corrected chi connectivity index (χ3v) is 9.48. The van der Waals surface area contributed by atoms with E-state index in [1.807, 2.05) is 32.3 Å². The van der Waals surface area contributed by atoms with Gasteiger partial charge in [-0.3, -0.25) is 14.4 Å². The number of aliphatic hydroxyl groups is 3. The Kier molecular flexibility index (Phi) is 6.44. The van der Waals surface area contributed by atoms with Crippen molar-refractivity contribution >= 4 is 23.0 Å². The van der Waals surface area contributed by atoms with Gasteiger partial charge in [0.15, 0.2) is 17.2 Å². The molecule has 7 atom stereocenters. The molecule has 0 heterocycles. The van der Waals surface area contributed by atoms with E-state index in [1.165, 1.54) is 11.6 Å². The Morgan fingerprint density at radius 1 is 1.07 bits per heavy atom. The molecule has 6 rings (SSSR count). The average molecular weight is 559 g/mol. The quantitative estimate of drug-likeness (QED) is 0.351. The number of phenols is 1. The van der Waals surface area contributed by atoms with Crippen molar-refractivity contribution in [3.8, 4) is 5.75 Å². The van der Waals surface area contributed by atoms with E-state index < -0.39 is 52.7 Å². The number of allylic oxidation sites excluding steroid dienone is 8. The molecule has 41 heavy (non-hydrogen) atoms. The normalized spacial score (nSPS) is 34.0. The maximum atomic E-state index is 14.0. The third-order valence-electron chi connectivity index (χ3n) is 9.48. The van der Waals surface area contributed by atoms with Crippen LogP contribution in [0.4, 0.5) is 0 Å². The van der Waals surface area contributed by atoms with Gasteiger partial charge in [0.05, 0.1) is 11.7 Å². The number of Topliss-reactive ketones (excluding diaryl/α,β-unsaturated/α-hetero) is 2. The molecule has 9 nitrogen and oxygen atoms in total. The highest BCUT2D eigenvalue weighted by atomic mass is 16.3. The Hall–Kier alpha value is -3.79. The van der Waals surface area contributed by atoms with Gasteiger partial charge in [-0.05, 0) is 67.6 Å². The van der Waals surface area contributed by atoms with Crippen LogP contribution >= 0.6 is 0 Å². The predicted octanol–water partition coefficient (Wildman–Crippen LogP) is 1.99. The van der Waals surface area contributed by atoms with Gasteiger partial charge in [-0.1, -0.05) is 42.5 Å². The lowest BCUT2D eigenvalue weighted by atomic mass is 9.57. The van der Waals surface area contributed by atoms with E-state index in [9.17, 15) is 34.8 Å². The van der Waals surface area contributed by atoms with Crippen molar-refractivity contribution in [3.05, 3.63) is 82.2 Å². The van der Waals surface area contributed by atoms with Crippen molar-refractivity contribution in [1.29, 1.82) is 0 Å². The number of rotatable bonds is 4. The summed E-state index contributed by atoms with van der Waals surface area (Å²) in [6.45, 7) is 0.802. The summed E-state index contributed by atoms with van der Waals surface area (Å²) in [5.74, 6) is -6.94. The lowest BCUT2D eigenvalue weighted by Crippen LogP contribution is -2.63. The van der Waals surface area contributed by atoms with Crippen molar-refractivity contribution in [2.24, 2.45) is 35.3 Å². The number of amides is 1. The van der Waals surface area contributed by atoms with Crippen molar-refractivity contribution in [2.75, 3.05) is 20.6 Å². The molecule has 1 amide bonds. The monoisotopic (exact) mass is 558 g/mol. The van der Waals surface area contributed by atoms with E-state index in [2.05, 4.69) is 29.2 Å². The second-order valence-corrected chi connectivity index (χ2v) is 12.1. The van der Waals surface area contributed by atoms with Gasteiger partial charge in [0.2, 0.25) is 5.91 Å². The number of carbonyl (C=O) groups is 3. The Morgan fingerprint density at radius 2 is 1.78 bits per heavy atom. The van der Waals surface area contributed by atoms with E-state index in [4.69, 9.17) is 5.73 Å². The number of phenolic OH excluding ortho intramolecular Hbond substituents is 1. The molecule has 5 aliphatic rings. The van der Waals surface area contributed by atoms with Gasteiger partial charge in [-0.15, -0.1) is 0 Å². The van der Waals surface area contributed by atoms with Gasteiger partial charge in [0.25, 0.3) is 0 Å². The minimum atomic E-state index is -2.52. The molecule has 214 valence electrons. The zero-order valence-corrected chi connectivity index (χ0v) is 22.9. The maximum Gasteiger partial charge on any atom is 0.230 e. The molecule has 6 N–H and O–H groups in total. The van der Waals surface area contributed by atoms with Crippen LogP contribution in [-0.4, -0.2) is 75.1 Å². The summed E-state index contributed by atoms with van der Waals surface area (Å²) in [5.41, 5.74) is 6.47. The summed E-state index contributed by atoms with van der Waals surface area (Å²) < 4.78 is 0. The fraction of sp³-hybridized carbons (Fsp3) is 0.406. The van der Waals surface area contributed by atoms with E-state index in [-0.39, 0.29) is 48.0 Å². The van der Waals surface area contributed by atoms with Crippen LogP contribution in [0, 0.1) is 29.6 Å². The van der Waals surface area contributed by atoms with Gasteiger partial charge in [0.1, 0.15) is 17.4 Å². The first-order valence-electron chi connectivity index (χ1n) is 13.9. The molecule has 0 radical (unpaired) electrons. The number of nitrogens with two attached hydrogens (primary N) is 1. The summed E-state index contributed by atoms with van der Waals surface area (Å²) in [6.07, 6.45) is 11.4. The topological polar surface area (TPSA) is 161 Å². The number of nitrogens with zero attached hydrogens (tertiary/aromatic N) is 1. The van der Waals surface area contributed by atoms with Crippen molar-refractivity contribution in [2.45, 2.75) is 31.0 Å². The molecule has 1 aromatic carbocycles. The molecule has 1 saturated carbocycles. The molecule has 0 saturated heterocycles. The first kappa shape index (κ1) is 27.4. The first-order chi connectivity index (χ1) is 19.4. The largest absolute Gasteiger partial charge is 0.508 e. The van der Waals surface area contributed by atoms with Gasteiger partial charge in [-0.25, -0.2) is 0 Å². The van der Waals surface area contributed by atoms with E-state index in [0.717, 1.165) is 17.7 Å². The average Bonchev–Trinajstić information content (AvgIpc) is 2.91. The molecule has 1 fully saturated rings. The maximum absolute atomic E-state index is 14.0. The number of hydrogen-bond donors (Lipinski definition) is 5. The van der Waals surface area contributed by atoms with Crippen molar-refractivity contribution < 1.29 is 34.8 Å². The fourth-order valence-corrected chi connectivity index (χ4v) is 7.67. The lowest BCUT2D eigenvalue weighted by molar-refractivity contribution is -0.167. The van der Waals surface area contributed by atoms with Crippen LogP contribution in [0.2, 0.25) is 0 Å². The van der Waals surface area contributed by atoms with Gasteiger partial charge in [0, 0.05) is 29.9 Å². The van der Waals surface area contributed by atoms with Crippen LogP contribution in [0.25, 0.3) is 5.57 Å². The highest BCUT2D eigenvalue weighted by Gasteiger charge is 2.62. The number of likely N-dealkylation sites (N-methyl/N-ethyl adjacent to an activating group) is 1. The summed E-state index contributed by atoms with van der Waals surface area (Å²) in [6, 6.07) is 3.28. The molecule has 4 unspecified atom stereocenters. The Balaban J connectivity index is 1.47. The molecule has 0 bridgehead atoms. The zero-order valence-electron chi connectivity index (χ0n) is 22.9. The van der Waals surface area contributed by atoms with Crippen LogP contribution in [0.5, 0.6) is 5.75 Å². The van der Waals surface area contributed by atoms with Crippen LogP contribution in [0.15, 0.2) is 65.5 Å². The lowest BCUT2D eigenvalue weighted by Gasteiger charge is -2.48. The van der Waals surface area contributed by atoms with Crippen LogP contribution in [0.1, 0.15) is 34.3 Å². The third kappa shape index (κ3) is 3.98.